The van der Waals surface area contributed by atoms with Crippen molar-refractivity contribution in [3.05, 3.63) is 120 Å². The molecule has 0 aliphatic heterocycles. The molecule has 12 heteroatoms. The van der Waals surface area contributed by atoms with Gasteiger partial charge in [-0.15, -0.1) is 15.3 Å². The molecule has 0 saturated carbocycles. The number of ether oxygens (including phenoxy) is 1. The van der Waals surface area contributed by atoms with Gasteiger partial charge in [0.1, 0.15) is 6.33 Å². The summed E-state index contributed by atoms with van der Waals surface area (Å²) >= 11 is 6.34. The zero-order chi connectivity index (χ0) is 28.9. The third kappa shape index (κ3) is 5.86. The molecular weight excluding hydrogens is 556 g/mol. The zero-order valence-electron chi connectivity index (χ0n) is 22.3. The normalized spacial score (nSPS) is 11.7. The van der Waals surface area contributed by atoms with E-state index in [2.05, 4.69) is 47.9 Å². The second-order valence-electron chi connectivity index (χ2n) is 9.27. The van der Waals surface area contributed by atoms with Crippen molar-refractivity contribution in [3.63, 3.8) is 0 Å². The summed E-state index contributed by atoms with van der Waals surface area (Å²) in [5.41, 5.74) is 5.61. The van der Waals surface area contributed by atoms with Crippen LogP contribution < -0.4 is 5.32 Å². The third-order valence-electron chi connectivity index (χ3n) is 6.59. The molecule has 1 N–H and O–H groups in total. The summed E-state index contributed by atoms with van der Waals surface area (Å²) in [4.78, 5) is 16.3. The van der Waals surface area contributed by atoms with E-state index in [4.69, 9.17) is 21.0 Å². The summed E-state index contributed by atoms with van der Waals surface area (Å²) < 4.78 is 12.4. The zero-order valence-corrected chi connectivity index (χ0v) is 23.0. The number of nitrogens with one attached hydrogen (secondary N) is 1. The minimum atomic E-state index is -0.549. The number of benzene rings is 3. The number of hydrogen-bond donors (Lipinski definition) is 1. The van der Waals surface area contributed by atoms with Gasteiger partial charge in [0.05, 0.1) is 24.4 Å². The molecule has 0 spiro atoms. The fraction of sp³-hybridized carbons (Fsp3) is 0.100. The molecule has 0 radical (unpaired) electrons. The summed E-state index contributed by atoms with van der Waals surface area (Å²) in [7, 11) is 1.31. The number of anilines is 1. The highest BCUT2D eigenvalue weighted by atomic mass is 35.5. The first kappa shape index (κ1) is 26.8. The Labute approximate surface area is 245 Å². The number of methoxy groups -OCH3 is 1. The molecule has 3 heterocycles. The van der Waals surface area contributed by atoms with Crippen molar-refractivity contribution in [1.29, 1.82) is 0 Å². The number of rotatable bonds is 8. The summed E-state index contributed by atoms with van der Waals surface area (Å²) in [6.45, 7) is 0. The van der Waals surface area contributed by atoms with Crippen LogP contribution in [0.15, 0.2) is 102 Å². The van der Waals surface area contributed by atoms with Gasteiger partial charge < -0.3 is 9.15 Å². The SMILES string of the molecule is COC(=O)Nc1ccc(-c2nnc(C(Cc3ccccc3)c3ccc(-c4cc(Cl)ccc4-n4cnnn4)cn3)o2)cc1. The molecule has 1 atom stereocenters. The van der Waals surface area contributed by atoms with Crippen molar-refractivity contribution in [1.82, 2.24) is 35.4 Å². The van der Waals surface area contributed by atoms with E-state index in [9.17, 15) is 4.79 Å². The first-order valence-corrected chi connectivity index (χ1v) is 13.3. The molecule has 0 bridgehead atoms. The Hall–Kier alpha value is -5.42. The van der Waals surface area contributed by atoms with E-state index in [0.29, 0.717) is 34.5 Å². The molecule has 0 saturated heterocycles. The molecule has 3 aromatic heterocycles. The number of carbonyl (C=O) groups excluding carboxylic acids is 1. The van der Waals surface area contributed by atoms with E-state index in [-0.39, 0.29) is 5.92 Å². The van der Waals surface area contributed by atoms with E-state index in [0.717, 1.165) is 28.1 Å². The van der Waals surface area contributed by atoms with Crippen LogP contribution in [0.2, 0.25) is 5.02 Å². The first-order chi connectivity index (χ1) is 20.6. The van der Waals surface area contributed by atoms with Crippen molar-refractivity contribution in [2.75, 3.05) is 12.4 Å². The number of amides is 1. The van der Waals surface area contributed by atoms with E-state index in [1.54, 1.807) is 41.2 Å². The smallest absolute Gasteiger partial charge is 0.411 e. The van der Waals surface area contributed by atoms with Gasteiger partial charge in [0.15, 0.2) is 0 Å². The first-order valence-electron chi connectivity index (χ1n) is 12.9. The maximum atomic E-state index is 11.5. The minimum absolute atomic E-state index is 0.304. The number of hydrogen-bond acceptors (Lipinski definition) is 9. The Kier molecular flexibility index (Phi) is 7.64. The highest BCUT2D eigenvalue weighted by Crippen LogP contribution is 2.33. The fourth-order valence-electron chi connectivity index (χ4n) is 4.51. The number of aromatic nitrogens is 7. The molecule has 3 aromatic carbocycles. The van der Waals surface area contributed by atoms with Crippen molar-refractivity contribution in [2.45, 2.75) is 12.3 Å². The quantitative estimate of drug-likeness (QED) is 0.231. The Morgan fingerprint density at radius 3 is 2.52 bits per heavy atom. The van der Waals surface area contributed by atoms with Gasteiger partial charge in [0.2, 0.25) is 11.8 Å². The van der Waals surface area contributed by atoms with E-state index in [1.165, 1.54) is 13.4 Å². The molecule has 11 nitrogen and oxygen atoms in total. The van der Waals surface area contributed by atoms with Gasteiger partial charge in [-0.3, -0.25) is 10.3 Å². The Balaban J connectivity index is 1.32. The average Bonchev–Trinajstić information content (AvgIpc) is 3.74. The lowest BCUT2D eigenvalue weighted by molar-refractivity contribution is 0.187. The summed E-state index contributed by atoms with van der Waals surface area (Å²) in [6.07, 6.45) is 3.37. The van der Waals surface area contributed by atoms with E-state index < -0.39 is 6.09 Å². The number of halogens is 1. The predicted molar refractivity (Wildman–Crippen MR) is 155 cm³/mol. The molecule has 1 amide bonds. The van der Waals surface area contributed by atoms with Crippen LogP contribution in [0.25, 0.3) is 28.3 Å². The van der Waals surface area contributed by atoms with Crippen LogP contribution in [0.3, 0.4) is 0 Å². The monoisotopic (exact) mass is 578 g/mol. The van der Waals surface area contributed by atoms with Gasteiger partial charge in [-0.25, -0.2) is 4.79 Å². The topological polar surface area (TPSA) is 134 Å². The van der Waals surface area contributed by atoms with E-state index in [1.807, 2.05) is 42.5 Å². The number of nitrogens with zero attached hydrogens (tertiary/aromatic N) is 7. The fourth-order valence-corrected chi connectivity index (χ4v) is 4.68. The number of pyridine rings is 1. The molecular formula is C30H23ClN8O3. The summed E-state index contributed by atoms with van der Waals surface area (Å²) in [5, 5.41) is 23.4. The molecule has 208 valence electrons. The van der Waals surface area contributed by atoms with Crippen LogP contribution in [0, 0.1) is 0 Å². The highest BCUT2D eigenvalue weighted by molar-refractivity contribution is 6.31. The Morgan fingerprint density at radius 1 is 1.00 bits per heavy atom. The van der Waals surface area contributed by atoms with Gasteiger partial charge in [-0.1, -0.05) is 48.0 Å². The molecule has 6 aromatic rings. The molecule has 6 rings (SSSR count). The Morgan fingerprint density at radius 2 is 1.81 bits per heavy atom. The van der Waals surface area contributed by atoms with Crippen LogP contribution in [-0.4, -0.2) is 48.6 Å². The van der Waals surface area contributed by atoms with Gasteiger partial charge in [-0.05, 0) is 70.9 Å². The van der Waals surface area contributed by atoms with Crippen molar-refractivity contribution in [3.8, 4) is 28.3 Å². The second kappa shape index (κ2) is 12.0. The van der Waals surface area contributed by atoms with Gasteiger partial charge in [0, 0.05) is 33.6 Å². The molecule has 0 aliphatic rings. The molecule has 0 aliphatic carbocycles. The van der Waals surface area contributed by atoms with Crippen molar-refractivity contribution < 1.29 is 13.9 Å². The average molecular weight is 579 g/mol. The maximum Gasteiger partial charge on any atom is 0.411 e. The van der Waals surface area contributed by atoms with Crippen LogP contribution in [0.1, 0.15) is 23.1 Å². The summed E-state index contributed by atoms with van der Waals surface area (Å²) in [5.74, 6) is 0.485. The van der Waals surface area contributed by atoms with Gasteiger partial charge in [-0.2, -0.15) is 4.68 Å². The van der Waals surface area contributed by atoms with Crippen LogP contribution in [0.4, 0.5) is 10.5 Å². The van der Waals surface area contributed by atoms with Crippen molar-refractivity contribution >= 4 is 23.4 Å². The minimum Gasteiger partial charge on any atom is -0.453 e. The molecule has 0 fully saturated rings. The summed E-state index contributed by atoms with van der Waals surface area (Å²) in [6, 6.07) is 26.5. The second-order valence-corrected chi connectivity index (χ2v) is 9.71. The molecule has 1 unspecified atom stereocenters. The van der Waals surface area contributed by atoms with Gasteiger partial charge >= 0.3 is 6.09 Å². The lowest BCUT2D eigenvalue weighted by Gasteiger charge is -2.14. The van der Waals surface area contributed by atoms with Crippen molar-refractivity contribution in [2.24, 2.45) is 0 Å². The number of tetrazole rings is 1. The lowest BCUT2D eigenvalue weighted by Crippen LogP contribution is -2.10. The molecule has 42 heavy (non-hydrogen) atoms. The third-order valence-corrected chi connectivity index (χ3v) is 6.83. The van der Waals surface area contributed by atoms with Crippen LogP contribution in [0.5, 0.6) is 0 Å². The highest BCUT2D eigenvalue weighted by Gasteiger charge is 2.24. The van der Waals surface area contributed by atoms with Crippen LogP contribution >= 0.6 is 11.6 Å². The number of carbonyl (C=O) groups is 1. The van der Waals surface area contributed by atoms with Gasteiger partial charge in [0.25, 0.3) is 0 Å². The van der Waals surface area contributed by atoms with Crippen LogP contribution in [-0.2, 0) is 11.2 Å². The lowest BCUT2D eigenvalue weighted by atomic mass is 9.94. The predicted octanol–water partition coefficient (Wildman–Crippen LogP) is 5.98. The standard InChI is InChI=1S/C30H23ClN8O3/c1-41-30(40)34-23-11-7-20(8-12-23)28-35-36-29(42-28)25(15-19-5-3-2-4-6-19)26-13-9-21(17-32-26)24-16-22(31)10-14-27(24)39-18-33-37-38-39/h2-14,16-18,25H,15H2,1H3,(H,34,40). The van der Waals surface area contributed by atoms with E-state index >= 15 is 0 Å². The Bertz CT molecular complexity index is 1790. The largest absolute Gasteiger partial charge is 0.453 e. The maximum absolute atomic E-state index is 11.5.